The molecule has 150 valence electrons. The molecule has 1 heterocycles. The summed E-state index contributed by atoms with van der Waals surface area (Å²) in [6, 6.07) is 7.25. The summed E-state index contributed by atoms with van der Waals surface area (Å²) in [5, 5.41) is 5.01. The molecule has 0 spiro atoms. The lowest BCUT2D eigenvalue weighted by Crippen LogP contribution is -2.29. The van der Waals surface area contributed by atoms with Crippen molar-refractivity contribution in [1.29, 1.82) is 0 Å². The molecule has 0 unspecified atom stereocenters. The molecule has 0 aliphatic heterocycles. The Hall–Kier alpha value is -2.52. The maximum absolute atomic E-state index is 12.8. The van der Waals surface area contributed by atoms with Crippen molar-refractivity contribution in [2.45, 2.75) is 12.8 Å². The fourth-order valence-electron chi connectivity index (χ4n) is 2.20. The van der Waals surface area contributed by atoms with Crippen molar-refractivity contribution in [3.63, 3.8) is 0 Å². The highest BCUT2D eigenvalue weighted by Crippen LogP contribution is 2.38. The molecule has 0 radical (unpaired) electrons. The summed E-state index contributed by atoms with van der Waals surface area (Å²) < 4.78 is 44.0. The molecule has 2 aromatic rings. The first-order valence-electron chi connectivity index (χ1n) is 7.66. The molecule has 0 atom stereocenters. The number of ether oxygens (including phenoxy) is 1. The van der Waals surface area contributed by atoms with Gasteiger partial charge in [-0.25, -0.2) is 0 Å². The van der Waals surface area contributed by atoms with E-state index < -0.39 is 22.8 Å². The average Bonchev–Trinajstić information content (AvgIpc) is 2.65. The van der Waals surface area contributed by atoms with Crippen LogP contribution in [-0.4, -0.2) is 30.8 Å². The van der Waals surface area contributed by atoms with Crippen LogP contribution in [0.1, 0.15) is 16.7 Å². The largest absolute Gasteiger partial charge is 0.472 e. The molecule has 2 rings (SSSR count). The summed E-state index contributed by atoms with van der Waals surface area (Å²) >= 11 is 11.4. The van der Waals surface area contributed by atoms with E-state index in [0.29, 0.717) is 17.2 Å². The summed E-state index contributed by atoms with van der Waals surface area (Å²) in [5.74, 6) is -0.775. The van der Waals surface area contributed by atoms with Crippen molar-refractivity contribution >= 4 is 34.8 Å². The number of benzene rings is 1. The van der Waals surface area contributed by atoms with Crippen LogP contribution < -0.4 is 10.1 Å². The average molecular weight is 436 g/mol. The normalized spacial score (nSPS) is 11.9. The zero-order valence-electron chi connectivity index (χ0n) is 14.6. The Morgan fingerprint density at radius 2 is 1.96 bits per heavy atom. The van der Waals surface area contributed by atoms with E-state index in [1.165, 1.54) is 14.2 Å². The van der Waals surface area contributed by atoms with E-state index in [9.17, 15) is 18.0 Å². The van der Waals surface area contributed by atoms with Gasteiger partial charge >= 0.3 is 6.18 Å². The van der Waals surface area contributed by atoms with E-state index in [1.54, 1.807) is 24.3 Å². The highest BCUT2D eigenvalue weighted by molar-refractivity contribution is 6.45. The summed E-state index contributed by atoms with van der Waals surface area (Å²) in [6.45, 7) is -0.162. The summed E-state index contributed by atoms with van der Waals surface area (Å²) in [5.41, 5.74) is -0.275. The SMILES string of the molecule is CNC(=O)/C(=N\OC)c1ccccc1COc1nc(Cl)c(C(F)(F)F)cc1Cl. The number of rotatable bonds is 6. The van der Waals surface area contributed by atoms with Gasteiger partial charge in [-0.15, -0.1) is 0 Å². The standard InChI is InChI=1S/C17H14Cl2F3N3O3/c1-23-15(26)13(25-27-2)10-6-4-3-5-9(10)8-28-16-12(18)7-11(14(19)24-16)17(20,21)22/h3-7H,8H2,1-2H3,(H,23,26)/b25-13-. The maximum Gasteiger partial charge on any atom is 0.419 e. The molecule has 11 heteroatoms. The first-order valence-corrected chi connectivity index (χ1v) is 8.42. The third-order valence-corrected chi connectivity index (χ3v) is 4.02. The number of likely N-dealkylation sites (N-methyl/N-ethyl adjacent to an activating group) is 1. The first kappa shape index (κ1) is 21.8. The quantitative estimate of drug-likeness (QED) is 0.421. The smallest absolute Gasteiger partial charge is 0.419 e. The van der Waals surface area contributed by atoms with Crippen LogP contribution in [0.25, 0.3) is 0 Å². The predicted octanol–water partition coefficient (Wildman–Crippen LogP) is 4.08. The van der Waals surface area contributed by atoms with Crippen molar-refractivity contribution in [3.8, 4) is 5.88 Å². The van der Waals surface area contributed by atoms with Crippen molar-refractivity contribution in [2.75, 3.05) is 14.2 Å². The Morgan fingerprint density at radius 1 is 1.29 bits per heavy atom. The topological polar surface area (TPSA) is 72.8 Å². The third kappa shape index (κ3) is 5.05. The van der Waals surface area contributed by atoms with Crippen molar-refractivity contribution in [3.05, 3.63) is 57.2 Å². The number of oxime groups is 1. The summed E-state index contributed by atoms with van der Waals surface area (Å²) in [6.07, 6.45) is -4.70. The van der Waals surface area contributed by atoms with Crippen molar-refractivity contribution < 1.29 is 27.5 Å². The van der Waals surface area contributed by atoms with E-state index in [1.807, 2.05) is 0 Å². The second-order valence-electron chi connectivity index (χ2n) is 5.26. The molecule has 1 amide bonds. The van der Waals surface area contributed by atoms with Crippen molar-refractivity contribution in [1.82, 2.24) is 10.3 Å². The molecule has 0 saturated heterocycles. The molecular weight excluding hydrogens is 422 g/mol. The van der Waals surface area contributed by atoms with Gasteiger partial charge < -0.3 is 14.9 Å². The van der Waals surface area contributed by atoms with Crippen LogP contribution in [0.15, 0.2) is 35.5 Å². The number of pyridine rings is 1. The van der Waals surface area contributed by atoms with Crippen LogP contribution in [0, 0.1) is 0 Å². The molecule has 28 heavy (non-hydrogen) atoms. The molecular formula is C17H14Cl2F3N3O3. The number of alkyl halides is 3. The zero-order chi connectivity index (χ0) is 20.9. The van der Waals surface area contributed by atoms with Gasteiger partial charge in [0.05, 0.1) is 5.56 Å². The van der Waals surface area contributed by atoms with Gasteiger partial charge in [0.25, 0.3) is 5.91 Å². The number of carbonyl (C=O) groups excluding carboxylic acids is 1. The Balaban J connectivity index is 2.33. The summed E-state index contributed by atoms with van der Waals surface area (Å²) in [7, 11) is 2.72. The number of hydrogen-bond acceptors (Lipinski definition) is 5. The van der Waals surface area contributed by atoms with Crippen LogP contribution in [-0.2, 0) is 22.4 Å². The number of halogens is 5. The number of nitrogens with one attached hydrogen (secondary N) is 1. The van der Waals surface area contributed by atoms with Gasteiger partial charge in [0.15, 0.2) is 5.71 Å². The third-order valence-electron chi connectivity index (χ3n) is 3.46. The van der Waals surface area contributed by atoms with Crippen LogP contribution in [0.3, 0.4) is 0 Å². The van der Waals surface area contributed by atoms with Gasteiger partial charge in [0, 0.05) is 12.6 Å². The molecule has 1 N–H and O–H groups in total. The Bertz CT molecular complexity index is 905. The molecule has 1 aromatic heterocycles. The Labute approximate surface area is 168 Å². The second-order valence-corrected chi connectivity index (χ2v) is 6.02. The zero-order valence-corrected chi connectivity index (χ0v) is 16.1. The maximum atomic E-state index is 12.8. The number of nitrogens with zero attached hydrogens (tertiary/aromatic N) is 2. The lowest BCUT2D eigenvalue weighted by atomic mass is 10.0. The molecule has 6 nitrogen and oxygen atoms in total. The second kappa shape index (κ2) is 9.11. The van der Waals surface area contributed by atoms with Crippen LogP contribution in [0.5, 0.6) is 5.88 Å². The first-order chi connectivity index (χ1) is 13.2. The molecule has 0 bridgehead atoms. The predicted molar refractivity (Wildman–Crippen MR) is 97.6 cm³/mol. The monoisotopic (exact) mass is 435 g/mol. The van der Waals surface area contributed by atoms with Crippen molar-refractivity contribution in [2.24, 2.45) is 5.16 Å². The highest BCUT2D eigenvalue weighted by Gasteiger charge is 2.35. The van der Waals surface area contributed by atoms with Gasteiger partial charge in [0.2, 0.25) is 5.88 Å². The van der Waals surface area contributed by atoms with Crippen LogP contribution in [0.4, 0.5) is 13.2 Å². The minimum atomic E-state index is -4.70. The van der Waals surface area contributed by atoms with E-state index in [-0.39, 0.29) is 23.2 Å². The summed E-state index contributed by atoms with van der Waals surface area (Å²) in [4.78, 5) is 20.3. The fraction of sp³-hybridized carbons (Fsp3) is 0.235. The van der Waals surface area contributed by atoms with E-state index in [4.69, 9.17) is 32.8 Å². The lowest BCUT2D eigenvalue weighted by Gasteiger charge is -2.14. The molecule has 0 aliphatic carbocycles. The Kier molecular flexibility index (Phi) is 7.09. The van der Waals surface area contributed by atoms with Crippen LogP contribution >= 0.6 is 23.2 Å². The molecule has 0 fully saturated rings. The number of hydrogen-bond donors (Lipinski definition) is 1. The van der Waals surface area contributed by atoms with E-state index in [2.05, 4.69) is 15.5 Å². The minimum absolute atomic E-state index is 0.00583. The van der Waals surface area contributed by atoms with Gasteiger partial charge in [-0.05, 0) is 11.6 Å². The molecule has 0 aliphatic rings. The minimum Gasteiger partial charge on any atom is -0.472 e. The molecule has 0 saturated carbocycles. The lowest BCUT2D eigenvalue weighted by molar-refractivity contribution is -0.137. The van der Waals surface area contributed by atoms with Gasteiger partial charge in [0.1, 0.15) is 23.9 Å². The van der Waals surface area contributed by atoms with Crippen LogP contribution in [0.2, 0.25) is 10.2 Å². The van der Waals surface area contributed by atoms with E-state index >= 15 is 0 Å². The van der Waals surface area contributed by atoms with Gasteiger partial charge in [-0.3, -0.25) is 4.79 Å². The number of aromatic nitrogens is 1. The number of amides is 1. The highest BCUT2D eigenvalue weighted by atomic mass is 35.5. The van der Waals surface area contributed by atoms with Gasteiger partial charge in [-0.2, -0.15) is 18.2 Å². The molecule has 1 aromatic carbocycles. The van der Waals surface area contributed by atoms with E-state index in [0.717, 1.165) is 0 Å². The number of carbonyl (C=O) groups is 1. The Morgan fingerprint density at radius 3 is 2.57 bits per heavy atom. The fourth-order valence-corrected chi connectivity index (χ4v) is 2.64. The van der Waals surface area contributed by atoms with Gasteiger partial charge in [-0.1, -0.05) is 52.6 Å².